The molecule has 5 heteroatoms. The number of hydrogen-bond acceptors (Lipinski definition) is 3. The molecule has 3 aromatic rings. The molecule has 2 atom stereocenters. The van der Waals surface area contributed by atoms with Gasteiger partial charge in [-0.05, 0) is 101 Å². The molecule has 39 heavy (non-hydrogen) atoms. The van der Waals surface area contributed by atoms with E-state index in [0.717, 1.165) is 60.1 Å². The van der Waals surface area contributed by atoms with E-state index < -0.39 is 5.97 Å². The van der Waals surface area contributed by atoms with E-state index in [0.29, 0.717) is 23.8 Å². The fraction of sp³-hybridized carbons (Fsp3) is 0.441. The Kier molecular flexibility index (Phi) is 7.45. The van der Waals surface area contributed by atoms with Gasteiger partial charge in [-0.25, -0.2) is 4.39 Å². The van der Waals surface area contributed by atoms with Crippen molar-refractivity contribution in [1.82, 2.24) is 0 Å². The summed E-state index contributed by atoms with van der Waals surface area (Å²) in [6.07, 6.45) is 5.60. The highest BCUT2D eigenvalue weighted by Crippen LogP contribution is 2.57. The van der Waals surface area contributed by atoms with Gasteiger partial charge in [0.15, 0.2) is 0 Å². The Morgan fingerprint density at radius 2 is 1.79 bits per heavy atom. The SMILES string of the molecule is COc1ccc(F)c(-c2ccc(COc3cccc([C@H](CC(=O)O)C4(C)CC4)c3)cc2[C@H]2CCCC2(C)C)c1. The van der Waals surface area contributed by atoms with Gasteiger partial charge in [0.1, 0.15) is 23.9 Å². The summed E-state index contributed by atoms with van der Waals surface area (Å²) >= 11 is 0. The number of hydrogen-bond donors (Lipinski definition) is 1. The Hall–Kier alpha value is -3.34. The third-order valence-electron chi connectivity index (χ3n) is 9.14. The molecule has 3 aromatic carbocycles. The highest BCUT2D eigenvalue weighted by molar-refractivity contribution is 5.71. The van der Waals surface area contributed by atoms with Gasteiger partial charge >= 0.3 is 5.97 Å². The number of benzene rings is 3. The maximum Gasteiger partial charge on any atom is 0.303 e. The van der Waals surface area contributed by atoms with Gasteiger partial charge < -0.3 is 14.6 Å². The van der Waals surface area contributed by atoms with Gasteiger partial charge in [-0.2, -0.15) is 0 Å². The van der Waals surface area contributed by atoms with E-state index in [-0.39, 0.29) is 29.0 Å². The van der Waals surface area contributed by atoms with Crippen LogP contribution in [-0.4, -0.2) is 18.2 Å². The third-order valence-corrected chi connectivity index (χ3v) is 9.14. The smallest absolute Gasteiger partial charge is 0.303 e. The van der Waals surface area contributed by atoms with E-state index in [4.69, 9.17) is 9.47 Å². The van der Waals surface area contributed by atoms with Crippen molar-refractivity contribution < 1.29 is 23.8 Å². The van der Waals surface area contributed by atoms with E-state index in [1.54, 1.807) is 19.2 Å². The van der Waals surface area contributed by atoms with Crippen molar-refractivity contribution in [3.05, 3.63) is 83.2 Å². The van der Waals surface area contributed by atoms with Gasteiger partial charge in [0.05, 0.1) is 13.5 Å². The Balaban J connectivity index is 1.43. The fourth-order valence-electron chi connectivity index (χ4n) is 6.45. The number of ether oxygens (including phenoxy) is 2. The molecule has 206 valence electrons. The van der Waals surface area contributed by atoms with Gasteiger partial charge in [0.2, 0.25) is 0 Å². The van der Waals surface area contributed by atoms with Crippen LogP contribution in [-0.2, 0) is 11.4 Å². The lowest BCUT2D eigenvalue weighted by Crippen LogP contribution is -2.17. The Morgan fingerprint density at radius 3 is 2.46 bits per heavy atom. The molecule has 0 radical (unpaired) electrons. The minimum Gasteiger partial charge on any atom is -0.497 e. The fourth-order valence-corrected chi connectivity index (χ4v) is 6.45. The van der Waals surface area contributed by atoms with Crippen molar-refractivity contribution in [2.45, 2.75) is 77.7 Å². The summed E-state index contributed by atoms with van der Waals surface area (Å²) in [5.74, 6) is 0.641. The zero-order valence-corrected chi connectivity index (χ0v) is 23.4. The molecule has 0 heterocycles. The minimum atomic E-state index is -0.769. The Bertz CT molecular complexity index is 1360. The quantitative estimate of drug-likeness (QED) is 0.285. The zero-order valence-electron chi connectivity index (χ0n) is 23.4. The van der Waals surface area contributed by atoms with Crippen LogP contribution in [0.15, 0.2) is 60.7 Å². The number of carbonyl (C=O) groups is 1. The summed E-state index contributed by atoms with van der Waals surface area (Å²) in [7, 11) is 1.60. The van der Waals surface area contributed by atoms with Gasteiger partial charge in [-0.3, -0.25) is 4.79 Å². The van der Waals surface area contributed by atoms with Gasteiger partial charge in [0.25, 0.3) is 0 Å². The molecular weight excluding hydrogens is 491 g/mol. The van der Waals surface area contributed by atoms with E-state index in [2.05, 4.69) is 26.8 Å². The lowest BCUT2D eigenvalue weighted by molar-refractivity contribution is -0.137. The van der Waals surface area contributed by atoms with Crippen LogP contribution >= 0.6 is 0 Å². The van der Waals surface area contributed by atoms with E-state index in [1.807, 2.05) is 36.4 Å². The van der Waals surface area contributed by atoms with E-state index >= 15 is 4.39 Å². The standard InChI is InChI=1S/C34H39FO4/c1-33(2)14-6-9-29(33)27-17-22(10-12-26(27)28-19-24(38-4)11-13-31(28)35)21-39-25-8-5-7-23(18-25)30(20-32(36)37)34(3)15-16-34/h5,7-8,10-13,17-19,29-30H,6,9,14-16,20-21H2,1-4H3,(H,36,37)/t29-,30+/m1/s1. The molecule has 2 aliphatic carbocycles. The summed E-state index contributed by atoms with van der Waals surface area (Å²) < 4.78 is 26.7. The van der Waals surface area contributed by atoms with Crippen molar-refractivity contribution in [1.29, 1.82) is 0 Å². The van der Waals surface area contributed by atoms with Crippen LogP contribution in [0.25, 0.3) is 11.1 Å². The second kappa shape index (κ2) is 10.7. The Morgan fingerprint density at radius 1 is 1.00 bits per heavy atom. The molecule has 0 bridgehead atoms. The first-order valence-electron chi connectivity index (χ1n) is 14.0. The van der Waals surface area contributed by atoms with Crippen LogP contribution in [0, 0.1) is 16.6 Å². The van der Waals surface area contributed by atoms with Crippen LogP contribution in [0.3, 0.4) is 0 Å². The predicted octanol–water partition coefficient (Wildman–Crippen LogP) is 8.73. The normalized spacial score (nSPS) is 19.9. The first kappa shape index (κ1) is 27.2. The van der Waals surface area contributed by atoms with Crippen molar-refractivity contribution in [3.63, 3.8) is 0 Å². The molecule has 2 saturated carbocycles. The number of halogens is 1. The second-order valence-corrected chi connectivity index (χ2v) is 12.4. The summed E-state index contributed by atoms with van der Waals surface area (Å²) in [5, 5.41) is 9.50. The lowest BCUT2D eigenvalue weighted by Gasteiger charge is -2.30. The summed E-state index contributed by atoms with van der Waals surface area (Å²) in [6.45, 7) is 7.16. The van der Waals surface area contributed by atoms with Crippen molar-refractivity contribution >= 4 is 5.97 Å². The lowest BCUT2D eigenvalue weighted by atomic mass is 9.75. The maximum absolute atomic E-state index is 15.1. The molecule has 0 amide bonds. The van der Waals surface area contributed by atoms with E-state index in [9.17, 15) is 9.90 Å². The molecule has 4 nitrogen and oxygen atoms in total. The average Bonchev–Trinajstić information content (AvgIpc) is 3.56. The van der Waals surface area contributed by atoms with Gasteiger partial charge in [-0.1, -0.05) is 57.5 Å². The minimum absolute atomic E-state index is 0.0215. The van der Waals surface area contributed by atoms with Crippen LogP contribution < -0.4 is 9.47 Å². The van der Waals surface area contributed by atoms with Crippen LogP contribution in [0.5, 0.6) is 11.5 Å². The number of carboxylic acid groups (broad SMARTS) is 1. The first-order valence-corrected chi connectivity index (χ1v) is 14.0. The van der Waals surface area contributed by atoms with Crippen LogP contribution in [0.4, 0.5) is 4.39 Å². The number of rotatable bonds is 10. The molecule has 0 spiro atoms. The first-order chi connectivity index (χ1) is 18.6. The number of aliphatic carboxylic acids is 1. The summed E-state index contributed by atoms with van der Waals surface area (Å²) in [4.78, 5) is 11.6. The van der Waals surface area contributed by atoms with E-state index in [1.165, 1.54) is 6.07 Å². The highest BCUT2D eigenvalue weighted by Gasteiger charge is 2.46. The van der Waals surface area contributed by atoms with Crippen LogP contribution in [0.2, 0.25) is 0 Å². The largest absolute Gasteiger partial charge is 0.497 e. The molecule has 2 aliphatic rings. The topological polar surface area (TPSA) is 55.8 Å². The van der Waals surface area contributed by atoms with Gasteiger partial charge in [0, 0.05) is 5.56 Å². The molecule has 5 rings (SSSR count). The Labute approximate surface area is 231 Å². The molecular formula is C34H39FO4. The van der Waals surface area contributed by atoms with Crippen molar-refractivity contribution in [2.75, 3.05) is 7.11 Å². The number of carboxylic acids is 1. The van der Waals surface area contributed by atoms with Crippen molar-refractivity contribution in [3.8, 4) is 22.6 Å². The average molecular weight is 531 g/mol. The molecule has 0 unspecified atom stereocenters. The zero-order chi connectivity index (χ0) is 27.8. The van der Waals surface area contributed by atoms with Gasteiger partial charge in [-0.15, -0.1) is 0 Å². The monoisotopic (exact) mass is 530 g/mol. The molecule has 0 aromatic heterocycles. The molecule has 0 saturated heterocycles. The van der Waals surface area contributed by atoms with Crippen molar-refractivity contribution in [2.24, 2.45) is 10.8 Å². The molecule has 2 fully saturated rings. The summed E-state index contributed by atoms with van der Waals surface area (Å²) in [6, 6.07) is 19.0. The molecule has 0 aliphatic heterocycles. The predicted molar refractivity (Wildman–Crippen MR) is 152 cm³/mol. The second-order valence-electron chi connectivity index (χ2n) is 12.4. The highest BCUT2D eigenvalue weighted by atomic mass is 19.1. The van der Waals surface area contributed by atoms with Crippen LogP contribution in [0.1, 0.15) is 87.8 Å². The maximum atomic E-state index is 15.1. The number of methoxy groups -OCH3 is 1. The summed E-state index contributed by atoms with van der Waals surface area (Å²) in [5.41, 5.74) is 4.84. The molecule has 1 N–H and O–H groups in total. The third kappa shape index (κ3) is 5.83.